The van der Waals surface area contributed by atoms with E-state index in [0.29, 0.717) is 23.9 Å². The SMILES string of the molecule is CC/C=C\C/C=C\C/C=C\C/C=C\C/C=C\C/C=C\C/C=C\CCCCCCCC(=O)OC(COC(=O)CCCCCCCCCCCCCCCCCCCCCCC/C=C\C/C=C\CCCCCCC)COC(OCC[N+](C)(C)C)C(=O)O. The Bertz CT molecular complexity index is 1760. The zero-order valence-electron chi connectivity index (χ0n) is 55.7. The van der Waals surface area contributed by atoms with E-state index in [2.05, 4.69) is 123 Å². The van der Waals surface area contributed by atoms with Gasteiger partial charge in [-0.15, -0.1) is 0 Å². The molecule has 0 aliphatic rings. The first-order valence-corrected chi connectivity index (χ1v) is 35.1. The van der Waals surface area contributed by atoms with Crippen molar-refractivity contribution in [3.05, 3.63) is 109 Å². The molecular weight excluding hydrogens is 1050 g/mol. The number of carbonyl (C=O) groups is 3. The van der Waals surface area contributed by atoms with E-state index in [0.717, 1.165) is 103 Å². The summed E-state index contributed by atoms with van der Waals surface area (Å²) in [7, 11) is 5.97. The Morgan fingerprint density at radius 3 is 1.00 bits per heavy atom. The smallest absolute Gasteiger partial charge is 0.361 e. The molecule has 0 spiro atoms. The quantitative estimate of drug-likeness (QED) is 0.0211. The van der Waals surface area contributed by atoms with E-state index in [1.54, 1.807) is 0 Å². The summed E-state index contributed by atoms with van der Waals surface area (Å²) in [5, 5.41) is 9.74. The van der Waals surface area contributed by atoms with E-state index >= 15 is 0 Å². The molecule has 0 heterocycles. The molecule has 85 heavy (non-hydrogen) atoms. The molecule has 2 atom stereocenters. The highest BCUT2D eigenvalue weighted by Gasteiger charge is 2.25. The van der Waals surface area contributed by atoms with Gasteiger partial charge in [-0.2, -0.15) is 0 Å². The largest absolute Gasteiger partial charge is 0.477 e. The molecular formula is C76H132NO8+. The van der Waals surface area contributed by atoms with Gasteiger partial charge in [0.05, 0.1) is 34.4 Å². The molecule has 0 aliphatic heterocycles. The molecule has 0 saturated carbocycles. The highest BCUT2D eigenvalue weighted by molar-refractivity contribution is 5.71. The normalized spacial score (nSPS) is 13.4. The molecule has 9 heteroatoms. The van der Waals surface area contributed by atoms with Crippen molar-refractivity contribution in [3.63, 3.8) is 0 Å². The number of carboxylic acid groups (broad SMARTS) is 1. The van der Waals surface area contributed by atoms with Crippen molar-refractivity contribution in [1.82, 2.24) is 0 Å². The number of likely N-dealkylation sites (N-methyl/N-ethyl adjacent to an activating group) is 1. The number of hydrogen-bond acceptors (Lipinski definition) is 7. The lowest BCUT2D eigenvalue weighted by molar-refractivity contribution is -0.870. The number of carbonyl (C=O) groups excluding carboxylic acids is 2. The van der Waals surface area contributed by atoms with Gasteiger partial charge < -0.3 is 28.5 Å². The Hall–Kier alpha value is -4.05. The van der Waals surface area contributed by atoms with E-state index in [4.69, 9.17) is 18.9 Å². The van der Waals surface area contributed by atoms with Gasteiger partial charge in [0.2, 0.25) is 0 Å². The van der Waals surface area contributed by atoms with Gasteiger partial charge in [-0.1, -0.05) is 290 Å². The lowest BCUT2D eigenvalue weighted by Crippen LogP contribution is -2.40. The second-order valence-electron chi connectivity index (χ2n) is 24.5. The number of rotatable bonds is 64. The topological polar surface area (TPSA) is 108 Å². The number of carboxylic acids is 1. The molecule has 0 aromatic carbocycles. The number of hydrogen-bond donors (Lipinski definition) is 1. The van der Waals surface area contributed by atoms with E-state index < -0.39 is 24.3 Å². The van der Waals surface area contributed by atoms with E-state index in [1.807, 2.05) is 21.1 Å². The molecule has 0 amide bonds. The van der Waals surface area contributed by atoms with Gasteiger partial charge in [-0.25, -0.2) is 4.79 Å². The number of unbranched alkanes of at least 4 members (excludes halogenated alkanes) is 31. The fourth-order valence-corrected chi connectivity index (χ4v) is 9.67. The number of aliphatic carboxylic acids is 1. The van der Waals surface area contributed by atoms with Crippen molar-refractivity contribution in [2.45, 2.75) is 309 Å². The van der Waals surface area contributed by atoms with E-state index in [9.17, 15) is 19.5 Å². The number of quaternary nitrogens is 1. The van der Waals surface area contributed by atoms with Crippen LogP contribution in [-0.2, 0) is 33.3 Å². The van der Waals surface area contributed by atoms with Gasteiger partial charge in [0.15, 0.2) is 6.10 Å². The van der Waals surface area contributed by atoms with Crippen LogP contribution in [-0.4, -0.2) is 87.4 Å². The van der Waals surface area contributed by atoms with Crippen LogP contribution in [0.5, 0.6) is 0 Å². The lowest BCUT2D eigenvalue weighted by Gasteiger charge is -2.25. The molecule has 0 bridgehead atoms. The average Bonchev–Trinajstić information content (AvgIpc) is 3.48. The zero-order valence-corrected chi connectivity index (χ0v) is 55.7. The summed E-state index contributed by atoms with van der Waals surface area (Å²) in [5.41, 5.74) is 0. The van der Waals surface area contributed by atoms with Crippen LogP contribution >= 0.6 is 0 Å². The van der Waals surface area contributed by atoms with Crippen LogP contribution in [0.4, 0.5) is 0 Å². The van der Waals surface area contributed by atoms with Crippen molar-refractivity contribution in [3.8, 4) is 0 Å². The van der Waals surface area contributed by atoms with Crippen molar-refractivity contribution < 1.29 is 42.9 Å². The third-order valence-electron chi connectivity index (χ3n) is 15.0. The maximum atomic E-state index is 12.9. The van der Waals surface area contributed by atoms with Gasteiger partial charge in [0.25, 0.3) is 6.29 Å². The summed E-state index contributed by atoms with van der Waals surface area (Å²) in [6.45, 7) is 4.75. The first kappa shape index (κ1) is 81.0. The third kappa shape index (κ3) is 67.3. The van der Waals surface area contributed by atoms with Crippen LogP contribution in [0, 0.1) is 0 Å². The third-order valence-corrected chi connectivity index (χ3v) is 15.0. The standard InChI is InChI=1S/C76H131NO8/c1-6-8-10-12-14-16-18-20-22-24-26-28-30-32-34-35-36-37-38-39-41-42-44-46-48-50-52-54-56-58-60-62-64-66-73(78)83-70-72(71-84-76(75(80)81)82-69-68-77(3,4)5)85-74(79)67-65-63-61-59-57-55-53-51-49-47-45-43-40-33-31-29-27-25-23-21-19-17-15-13-11-9-7-2/h9,11,15,17-18,20-21,23-24,26-27,29,33,40,45,47,51,53,72,76H,6-8,10,12-14,16,19,22,25,28,30-32,34-39,41-44,46,48-50,52,54-71H2,1-5H3/p+1/b11-9-,17-15-,20-18-,23-21-,26-24-,29-27-,40-33-,47-45-,53-51-. The van der Waals surface area contributed by atoms with Gasteiger partial charge in [-0.3, -0.25) is 9.59 Å². The van der Waals surface area contributed by atoms with Gasteiger partial charge in [0.1, 0.15) is 13.2 Å². The Labute approximate surface area is 524 Å². The first-order valence-electron chi connectivity index (χ1n) is 35.1. The summed E-state index contributed by atoms with van der Waals surface area (Å²) in [6, 6.07) is 0. The number of esters is 2. The number of nitrogens with zero attached hydrogens (tertiary/aromatic N) is 1. The molecule has 1 N–H and O–H groups in total. The summed E-state index contributed by atoms with van der Waals surface area (Å²) < 4.78 is 23.0. The van der Waals surface area contributed by atoms with Gasteiger partial charge in [0, 0.05) is 12.8 Å². The molecule has 488 valence electrons. The Morgan fingerprint density at radius 2 is 0.671 bits per heavy atom. The van der Waals surface area contributed by atoms with E-state index in [-0.39, 0.29) is 32.2 Å². The maximum absolute atomic E-state index is 12.9. The second kappa shape index (κ2) is 65.9. The second-order valence-corrected chi connectivity index (χ2v) is 24.5. The summed E-state index contributed by atoms with van der Waals surface area (Å²) in [5.74, 6) is -2.03. The van der Waals surface area contributed by atoms with Gasteiger partial charge >= 0.3 is 17.9 Å². The predicted molar refractivity (Wildman–Crippen MR) is 364 cm³/mol. The lowest BCUT2D eigenvalue weighted by atomic mass is 10.0. The van der Waals surface area contributed by atoms with Crippen LogP contribution < -0.4 is 0 Å². The van der Waals surface area contributed by atoms with E-state index in [1.165, 1.54) is 161 Å². The van der Waals surface area contributed by atoms with Crippen molar-refractivity contribution >= 4 is 17.9 Å². The molecule has 0 rings (SSSR count). The number of ether oxygens (including phenoxy) is 4. The van der Waals surface area contributed by atoms with Crippen LogP contribution in [0.25, 0.3) is 0 Å². The Balaban J connectivity index is 4.14. The van der Waals surface area contributed by atoms with Crippen LogP contribution in [0.2, 0.25) is 0 Å². The molecule has 0 aliphatic carbocycles. The molecule has 2 unspecified atom stereocenters. The highest BCUT2D eigenvalue weighted by atomic mass is 16.7. The Morgan fingerprint density at radius 1 is 0.365 bits per heavy atom. The molecule has 0 radical (unpaired) electrons. The minimum absolute atomic E-state index is 0.179. The van der Waals surface area contributed by atoms with Crippen LogP contribution in [0.1, 0.15) is 296 Å². The predicted octanol–water partition coefficient (Wildman–Crippen LogP) is 21.8. The van der Waals surface area contributed by atoms with Crippen LogP contribution in [0.15, 0.2) is 109 Å². The summed E-state index contributed by atoms with van der Waals surface area (Å²) >= 11 is 0. The van der Waals surface area contributed by atoms with Crippen molar-refractivity contribution in [1.29, 1.82) is 0 Å². The fourth-order valence-electron chi connectivity index (χ4n) is 9.67. The van der Waals surface area contributed by atoms with Crippen LogP contribution in [0.3, 0.4) is 0 Å². The zero-order chi connectivity index (χ0) is 61.9. The minimum Gasteiger partial charge on any atom is -0.477 e. The molecule has 0 aromatic heterocycles. The first-order chi connectivity index (χ1) is 41.6. The monoisotopic (exact) mass is 1190 g/mol. The highest BCUT2D eigenvalue weighted by Crippen LogP contribution is 2.17. The van der Waals surface area contributed by atoms with Crippen molar-refractivity contribution in [2.24, 2.45) is 0 Å². The number of allylic oxidation sites excluding steroid dienone is 18. The summed E-state index contributed by atoms with van der Waals surface area (Å²) in [4.78, 5) is 37.6. The molecule has 0 aromatic rings. The van der Waals surface area contributed by atoms with Gasteiger partial charge in [-0.05, 0) is 103 Å². The Kier molecular flexibility index (Phi) is 62.8. The summed E-state index contributed by atoms with van der Waals surface area (Å²) in [6.07, 6.45) is 89.2. The maximum Gasteiger partial charge on any atom is 0.361 e. The molecule has 9 nitrogen and oxygen atoms in total. The molecule has 0 fully saturated rings. The fraction of sp³-hybridized carbons (Fsp3) is 0.724. The minimum atomic E-state index is -1.52. The average molecular weight is 1190 g/mol. The molecule has 0 saturated heterocycles. The van der Waals surface area contributed by atoms with Crippen molar-refractivity contribution in [2.75, 3.05) is 47.5 Å².